The molecule has 10 aromatic carbocycles. The molecule has 1 heterocycles. The zero-order valence-corrected chi connectivity index (χ0v) is 32.4. The number of rotatable bonds is 5. The molecule has 0 bridgehead atoms. The van der Waals surface area contributed by atoms with Crippen molar-refractivity contribution in [2.45, 2.75) is 12.3 Å². The number of fused-ring (bicyclic) bond motifs is 7. The molecule has 0 saturated heterocycles. The first-order chi connectivity index (χ1) is 29.3. The minimum Gasteiger partial charge on any atom is -0.296 e. The monoisotopic (exact) mass is 750 g/mol. The molecule has 276 valence electrons. The van der Waals surface area contributed by atoms with Crippen LogP contribution in [0.4, 0.5) is 0 Å². The fourth-order valence-corrected chi connectivity index (χ4v) is 9.70. The molecular formula is C57H38N2. The molecule has 2 heteroatoms. The van der Waals surface area contributed by atoms with Crippen LogP contribution in [0, 0.1) is 0 Å². The zero-order chi connectivity index (χ0) is 38.9. The van der Waals surface area contributed by atoms with Crippen LogP contribution in [0.15, 0.2) is 212 Å². The van der Waals surface area contributed by atoms with Gasteiger partial charge in [-0.25, -0.2) is 4.98 Å². The van der Waals surface area contributed by atoms with E-state index in [0.29, 0.717) is 0 Å². The molecule has 0 fully saturated rings. The molecule has 0 spiro atoms. The van der Waals surface area contributed by atoms with Crippen LogP contribution in [0.25, 0.3) is 104 Å². The lowest BCUT2D eigenvalue weighted by molar-refractivity contribution is 0.758. The van der Waals surface area contributed by atoms with Gasteiger partial charge >= 0.3 is 0 Å². The summed E-state index contributed by atoms with van der Waals surface area (Å²) in [6.45, 7) is 0. The predicted octanol–water partition coefficient (Wildman–Crippen LogP) is 15.4. The molecule has 2 nitrogen and oxygen atoms in total. The van der Waals surface area contributed by atoms with Gasteiger partial charge < -0.3 is 0 Å². The molecule has 1 aliphatic rings. The van der Waals surface area contributed by atoms with E-state index >= 15 is 0 Å². The number of allylic oxidation sites excluding steroid dienone is 4. The van der Waals surface area contributed by atoms with E-state index in [1.807, 2.05) is 0 Å². The van der Waals surface area contributed by atoms with Gasteiger partial charge in [0.25, 0.3) is 0 Å². The first-order valence-corrected chi connectivity index (χ1v) is 20.6. The first-order valence-electron chi connectivity index (χ1n) is 20.6. The standard InChI is InChI=1S/C57H38N2/c1-3-15-39(16-4-1)55-46-21-9-10-22-47(46)56(48-23-13-19-42-34-43-27-26-38-14-7-8-20-45(38)50(43)36-51(42)48)49-33-30-41(35-52(49)55)37-28-31-44(32-29-37)59-54-25-12-11-24-53(54)58-57(59)40-17-5-2-6-18-40/h1-17,19-36,40H,18H2. The van der Waals surface area contributed by atoms with Gasteiger partial charge in [0, 0.05) is 11.6 Å². The minimum atomic E-state index is 0.229. The van der Waals surface area contributed by atoms with Crippen molar-refractivity contribution in [3.63, 3.8) is 0 Å². The highest BCUT2D eigenvalue weighted by molar-refractivity contribution is 6.25. The van der Waals surface area contributed by atoms with Gasteiger partial charge in [0.1, 0.15) is 5.82 Å². The summed E-state index contributed by atoms with van der Waals surface area (Å²) < 4.78 is 2.34. The Kier molecular flexibility index (Phi) is 7.71. The average molecular weight is 751 g/mol. The number of hydrogen-bond donors (Lipinski definition) is 0. The molecule has 1 aromatic heterocycles. The van der Waals surface area contributed by atoms with E-state index in [9.17, 15) is 0 Å². The van der Waals surface area contributed by atoms with Crippen molar-refractivity contribution >= 4 is 64.9 Å². The molecule has 0 N–H and O–H groups in total. The second-order valence-corrected chi connectivity index (χ2v) is 15.8. The van der Waals surface area contributed by atoms with Gasteiger partial charge in [-0.05, 0) is 136 Å². The number of aromatic nitrogens is 2. The van der Waals surface area contributed by atoms with Crippen molar-refractivity contribution < 1.29 is 0 Å². The molecule has 1 unspecified atom stereocenters. The van der Waals surface area contributed by atoms with E-state index in [1.165, 1.54) is 87.2 Å². The van der Waals surface area contributed by atoms with E-state index < -0.39 is 0 Å². The normalized spacial score (nSPS) is 14.1. The van der Waals surface area contributed by atoms with Crippen molar-refractivity contribution in [3.8, 4) is 39.1 Å². The van der Waals surface area contributed by atoms with Gasteiger partial charge in [-0.3, -0.25) is 4.57 Å². The lowest BCUT2D eigenvalue weighted by Crippen LogP contribution is -2.07. The maximum absolute atomic E-state index is 5.15. The lowest BCUT2D eigenvalue weighted by atomic mass is 9.83. The Morgan fingerprint density at radius 3 is 1.97 bits per heavy atom. The van der Waals surface area contributed by atoms with Crippen molar-refractivity contribution in [2.75, 3.05) is 0 Å². The zero-order valence-electron chi connectivity index (χ0n) is 32.4. The number of imidazole rings is 1. The highest BCUT2D eigenvalue weighted by Crippen LogP contribution is 2.47. The summed E-state index contributed by atoms with van der Waals surface area (Å²) in [7, 11) is 0. The maximum atomic E-state index is 5.15. The molecule has 0 radical (unpaired) electrons. The molecule has 11 aromatic rings. The van der Waals surface area contributed by atoms with Crippen molar-refractivity contribution in [2.24, 2.45) is 0 Å². The lowest BCUT2D eigenvalue weighted by Gasteiger charge is -2.20. The number of nitrogens with zero attached hydrogens (tertiary/aromatic N) is 2. The van der Waals surface area contributed by atoms with Crippen LogP contribution in [-0.2, 0) is 0 Å². The summed E-state index contributed by atoms with van der Waals surface area (Å²) in [4.78, 5) is 5.15. The van der Waals surface area contributed by atoms with Crippen molar-refractivity contribution in [1.82, 2.24) is 9.55 Å². The Morgan fingerprint density at radius 1 is 0.424 bits per heavy atom. The van der Waals surface area contributed by atoms with E-state index in [1.54, 1.807) is 0 Å². The highest BCUT2D eigenvalue weighted by Gasteiger charge is 2.21. The van der Waals surface area contributed by atoms with E-state index in [-0.39, 0.29) is 5.92 Å². The molecule has 12 rings (SSSR count). The van der Waals surface area contributed by atoms with Gasteiger partial charge in [0.2, 0.25) is 0 Å². The molecular weight excluding hydrogens is 713 g/mol. The Hall–Kier alpha value is -7.55. The van der Waals surface area contributed by atoms with Crippen LogP contribution >= 0.6 is 0 Å². The number of para-hydroxylation sites is 2. The number of hydrogen-bond acceptors (Lipinski definition) is 1. The number of benzene rings is 10. The summed E-state index contributed by atoms with van der Waals surface area (Å²) in [5.74, 6) is 1.31. The van der Waals surface area contributed by atoms with Gasteiger partial charge in [-0.15, -0.1) is 0 Å². The van der Waals surface area contributed by atoms with Crippen molar-refractivity contribution in [3.05, 3.63) is 218 Å². The van der Waals surface area contributed by atoms with Crippen molar-refractivity contribution in [1.29, 1.82) is 0 Å². The highest BCUT2D eigenvalue weighted by atomic mass is 15.1. The third-order valence-corrected chi connectivity index (χ3v) is 12.5. The fraction of sp³-hybridized carbons (Fsp3) is 0.0351. The Labute approximate surface area is 342 Å². The van der Waals surface area contributed by atoms with E-state index in [0.717, 1.165) is 29.0 Å². The third kappa shape index (κ3) is 5.45. The Bertz CT molecular complexity index is 3510. The first kappa shape index (κ1) is 33.6. The van der Waals surface area contributed by atoms with Crippen LogP contribution in [0.5, 0.6) is 0 Å². The van der Waals surface area contributed by atoms with Gasteiger partial charge in [-0.1, -0.05) is 170 Å². The summed E-state index contributed by atoms with van der Waals surface area (Å²) >= 11 is 0. The average Bonchev–Trinajstić information content (AvgIpc) is 3.70. The van der Waals surface area contributed by atoms with E-state index in [4.69, 9.17) is 4.98 Å². The molecule has 1 atom stereocenters. The van der Waals surface area contributed by atoms with Crippen LogP contribution < -0.4 is 0 Å². The van der Waals surface area contributed by atoms with Gasteiger partial charge in [0.05, 0.1) is 11.0 Å². The summed E-state index contributed by atoms with van der Waals surface area (Å²) in [6.07, 6.45) is 9.72. The molecule has 1 aliphatic carbocycles. The van der Waals surface area contributed by atoms with Crippen LogP contribution in [0.3, 0.4) is 0 Å². The Balaban J connectivity index is 1.08. The SMILES string of the molecule is C1=CCC(c2nc3ccccc3n2-c2ccc(-c3ccc4c(-c5cccc6cc7ccc8ccccc8c7cc56)c5ccccc5c(-c5ccccc5)c4c3)cc2)C=C1. The summed E-state index contributed by atoms with van der Waals surface area (Å²) in [5.41, 5.74) is 10.6. The topological polar surface area (TPSA) is 17.8 Å². The molecule has 0 saturated carbocycles. The van der Waals surface area contributed by atoms with Gasteiger partial charge in [-0.2, -0.15) is 0 Å². The second-order valence-electron chi connectivity index (χ2n) is 15.8. The third-order valence-electron chi connectivity index (χ3n) is 12.5. The van der Waals surface area contributed by atoms with Crippen LogP contribution in [0.2, 0.25) is 0 Å². The minimum absolute atomic E-state index is 0.229. The Morgan fingerprint density at radius 2 is 1.12 bits per heavy atom. The molecule has 0 aliphatic heterocycles. The summed E-state index contributed by atoms with van der Waals surface area (Å²) in [5, 5.41) is 12.6. The predicted molar refractivity (Wildman–Crippen MR) is 251 cm³/mol. The van der Waals surface area contributed by atoms with Crippen LogP contribution in [0.1, 0.15) is 18.2 Å². The maximum Gasteiger partial charge on any atom is 0.121 e. The largest absolute Gasteiger partial charge is 0.296 e. The van der Waals surface area contributed by atoms with E-state index in [2.05, 4.69) is 217 Å². The fourth-order valence-electron chi connectivity index (χ4n) is 9.70. The van der Waals surface area contributed by atoms with Gasteiger partial charge in [0.15, 0.2) is 0 Å². The van der Waals surface area contributed by atoms with Crippen LogP contribution in [-0.4, -0.2) is 9.55 Å². The molecule has 0 amide bonds. The molecule has 59 heavy (non-hydrogen) atoms. The summed E-state index contributed by atoms with van der Waals surface area (Å²) in [6, 6.07) is 69.4. The second kappa shape index (κ2) is 13.5. The quantitative estimate of drug-likeness (QED) is 0.127. The smallest absolute Gasteiger partial charge is 0.121 e.